The van der Waals surface area contributed by atoms with Gasteiger partial charge >= 0.3 is 6.18 Å². The Balaban J connectivity index is 1.68. The molecule has 0 saturated heterocycles. The predicted molar refractivity (Wildman–Crippen MR) is 96.1 cm³/mol. The van der Waals surface area contributed by atoms with Gasteiger partial charge in [0, 0.05) is 4.88 Å². The van der Waals surface area contributed by atoms with E-state index in [1.165, 1.54) is 30.3 Å². The molecule has 1 aromatic heterocycles. The largest absolute Gasteiger partial charge is 0.417 e. The van der Waals surface area contributed by atoms with Gasteiger partial charge in [-0.2, -0.15) is 13.2 Å². The zero-order valence-corrected chi connectivity index (χ0v) is 14.8. The summed E-state index contributed by atoms with van der Waals surface area (Å²) in [6, 6.07) is 13.1. The molecule has 9 heteroatoms. The number of alkyl halides is 3. The van der Waals surface area contributed by atoms with Crippen LogP contribution < -0.4 is 10.9 Å². The molecule has 0 fully saturated rings. The van der Waals surface area contributed by atoms with Crippen LogP contribution in [0.5, 0.6) is 0 Å². The highest BCUT2D eigenvalue weighted by Gasteiger charge is 2.34. The van der Waals surface area contributed by atoms with E-state index in [0.717, 1.165) is 23.5 Å². The van der Waals surface area contributed by atoms with Crippen molar-refractivity contribution < 1.29 is 27.2 Å². The van der Waals surface area contributed by atoms with Crippen molar-refractivity contribution in [2.45, 2.75) is 6.18 Å². The normalized spacial score (nSPS) is 11.1. The molecule has 0 radical (unpaired) electrons. The molecule has 3 rings (SSSR count). The minimum atomic E-state index is -4.70. The number of nitrogens with one attached hydrogen (secondary N) is 2. The van der Waals surface area contributed by atoms with Crippen LogP contribution >= 0.6 is 11.3 Å². The van der Waals surface area contributed by atoms with E-state index in [1.807, 2.05) is 5.43 Å². The minimum Gasteiger partial charge on any atom is -0.267 e. The zero-order chi connectivity index (χ0) is 20.3. The van der Waals surface area contributed by atoms with Crippen molar-refractivity contribution in [1.82, 2.24) is 10.9 Å². The van der Waals surface area contributed by atoms with E-state index < -0.39 is 29.1 Å². The number of amides is 2. The molecule has 1 heterocycles. The molecule has 2 amide bonds. The summed E-state index contributed by atoms with van der Waals surface area (Å²) in [5.74, 6) is -2.16. The number of hydrogen-bond acceptors (Lipinski definition) is 3. The Morgan fingerprint density at radius 2 is 1.46 bits per heavy atom. The van der Waals surface area contributed by atoms with Gasteiger partial charge in [-0.1, -0.05) is 24.3 Å². The van der Waals surface area contributed by atoms with Gasteiger partial charge in [0.1, 0.15) is 5.82 Å². The van der Waals surface area contributed by atoms with E-state index in [9.17, 15) is 27.2 Å². The second kappa shape index (κ2) is 7.81. The van der Waals surface area contributed by atoms with Crippen LogP contribution in [0.3, 0.4) is 0 Å². The summed E-state index contributed by atoms with van der Waals surface area (Å²) in [7, 11) is 0. The molecule has 144 valence electrons. The summed E-state index contributed by atoms with van der Waals surface area (Å²) in [5.41, 5.74) is 3.08. The first-order valence-corrected chi connectivity index (χ1v) is 8.70. The first kappa shape index (κ1) is 19.6. The number of carbonyl (C=O) groups excluding carboxylic acids is 2. The smallest absolute Gasteiger partial charge is 0.267 e. The van der Waals surface area contributed by atoms with Gasteiger partial charge < -0.3 is 0 Å². The highest BCUT2D eigenvalue weighted by Crippen LogP contribution is 2.32. The van der Waals surface area contributed by atoms with Crippen molar-refractivity contribution in [3.8, 4) is 10.4 Å². The molecular weight excluding hydrogens is 396 g/mol. The van der Waals surface area contributed by atoms with E-state index in [0.29, 0.717) is 10.4 Å². The lowest BCUT2D eigenvalue weighted by atomic mass is 10.1. The van der Waals surface area contributed by atoms with E-state index in [-0.39, 0.29) is 10.7 Å². The van der Waals surface area contributed by atoms with Crippen LogP contribution in [0.4, 0.5) is 17.6 Å². The van der Waals surface area contributed by atoms with Crippen molar-refractivity contribution in [1.29, 1.82) is 0 Å². The Kier molecular flexibility index (Phi) is 5.46. The van der Waals surface area contributed by atoms with Gasteiger partial charge in [-0.05, 0) is 42.0 Å². The van der Waals surface area contributed by atoms with E-state index in [4.69, 9.17) is 0 Å². The lowest BCUT2D eigenvalue weighted by molar-refractivity contribution is -0.137. The number of hydrogen-bond donors (Lipinski definition) is 2. The summed E-state index contributed by atoms with van der Waals surface area (Å²) in [6.45, 7) is 0. The molecule has 0 aliphatic rings. The van der Waals surface area contributed by atoms with Crippen molar-refractivity contribution in [2.24, 2.45) is 0 Å². The quantitative estimate of drug-likeness (QED) is 0.490. The maximum atomic E-state index is 13.0. The lowest BCUT2D eigenvalue weighted by Crippen LogP contribution is -2.42. The summed E-state index contributed by atoms with van der Waals surface area (Å²) in [4.78, 5) is 25.1. The summed E-state index contributed by atoms with van der Waals surface area (Å²) >= 11 is 1.09. The number of rotatable bonds is 3. The summed E-state index contributed by atoms with van der Waals surface area (Å²) in [5, 5.41) is 0. The average Bonchev–Trinajstić information content (AvgIpc) is 3.16. The molecule has 0 atom stereocenters. The standard InChI is InChI=1S/C19H12F4N2O2S/c20-12-7-5-11(6-8-12)15-9-10-16(28-15)18(27)25-24-17(26)13-3-1-2-4-14(13)19(21,22)23/h1-10H,(H,24,26)(H,25,27). The molecule has 0 bridgehead atoms. The summed E-state index contributed by atoms with van der Waals surface area (Å²) < 4.78 is 51.9. The van der Waals surface area contributed by atoms with Crippen LogP contribution in [-0.2, 0) is 6.18 Å². The molecule has 2 aromatic carbocycles. The fraction of sp³-hybridized carbons (Fsp3) is 0.0526. The molecule has 0 spiro atoms. The second-order valence-electron chi connectivity index (χ2n) is 5.62. The maximum absolute atomic E-state index is 13.0. The number of thiophene rings is 1. The first-order chi connectivity index (χ1) is 13.3. The third kappa shape index (κ3) is 4.37. The Morgan fingerprint density at radius 3 is 2.14 bits per heavy atom. The third-order valence-electron chi connectivity index (χ3n) is 3.73. The molecule has 0 aliphatic carbocycles. The Bertz CT molecular complexity index is 1010. The highest BCUT2D eigenvalue weighted by molar-refractivity contribution is 7.17. The number of carbonyl (C=O) groups is 2. The van der Waals surface area contributed by atoms with Crippen molar-refractivity contribution in [3.05, 3.63) is 82.5 Å². The fourth-order valence-electron chi connectivity index (χ4n) is 2.40. The summed E-state index contributed by atoms with van der Waals surface area (Å²) in [6.07, 6.45) is -4.70. The number of benzene rings is 2. The van der Waals surface area contributed by atoms with Crippen LogP contribution in [-0.4, -0.2) is 11.8 Å². The highest BCUT2D eigenvalue weighted by atomic mass is 32.1. The number of halogens is 4. The maximum Gasteiger partial charge on any atom is 0.417 e. The van der Waals surface area contributed by atoms with E-state index in [1.54, 1.807) is 18.2 Å². The van der Waals surface area contributed by atoms with Crippen LogP contribution in [0.15, 0.2) is 60.7 Å². The zero-order valence-electron chi connectivity index (χ0n) is 14.0. The molecular formula is C19H12F4N2O2S. The van der Waals surface area contributed by atoms with Crippen LogP contribution in [0.25, 0.3) is 10.4 Å². The van der Waals surface area contributed by atoms with Crippen molar-refractivity contribution in [3.63, 3.8) is 0 Å². The van der Waals surface area contributed by atoms with E-state index >= 15 is 0 Å². The Labute approximate surface area is 160 Å². The Hall–Kier alpha value is -3.20. The SMILES string of the molecule is O=C(NNC(=O)c1ccccc1C(F)(F)F)c1ccc(-c2ccc(F)cc2)s1. The van der Waals surface area contributed by atoms with Gasteiger partial charge in [0.25, 0.3) is 11.8 Å². The second-order valence-corrected chi connectivity index (χ2v) is 6.71. The lowest BCUT2D eigenvalue weighted by Gasteiger charge is -2.12. The van der Waals surface area contributed by atoms with Crippen LogP contribution in [0.2, 0.25) is 0 Å². The van der Waals surface area contributed by atoms with E-state index in [2.05, 4.69) is 5.43 Å². The molecule has 28 heavy (non-hydrogen) atoms. The van der Waals surface area contributed by atoms with Gasteiger partial charge in [-0.3, -0.25) is 20.4 Å². The van der Waals surface area contributed by atoms with Crippen molar-refractivity contribution >= 4 is 23.2 Å². The van der Waals surface area contributed by atoms with Crippen LogP contribution in [0.1, 0.15) is 25.6 Å². The minimum absolute atomic E-state index is 0.226. The number of hydrazine groups is 1. The van der Waals surface area contributed by atoms with Gasteiger partial charge in [-0.15, -0.1) is 11.3 Å². The van der Waals surface area contributed by atoms with Gasteiger partial charge in [0.05, 0.1) is 16.0 Å². The fourth-order valence-corrected chi connectivity index (χ4v) is 3.31. The molecule has 0 unspecified atom stereocenters. The molecule has 0 saturated carbocycles. The van der Waals surface area contributed by atoms with Gasteiger partial charge in [-0.25, -0.2) is 4.39 Å². The Morgan fingerprint density at radius 1 is 0.821 bits per heavy atom. The molecule has 4 nitrogen and oxygen atoms in total. The van der Waals surface area contributed by atoms with Gasteiger partial charge in [0.2, 0.25) is 0 Å². The van der Waals surface area contributed by atoms with Crippen LogP contribution in [0, 0.1) is 5.82 Å². The monoisotopic (exact) mass is 408 g/mol. The predicted octanol–water partition coefficient (Wildman–Crippen LogP) is 4.65. The van der Waals surface area contributed by atoms with Gasteiger partial charge in [0.15, 0.2) is 0 Å². The third-order valence-corrected chi connectivity index (χ3v) is 4.86. The molecule has 0 aliphatic heterocycles. The first-order valence-electron chi connectivity index (χ1n) is 7.88. The van der Waals surface area contributed by atoms with Crippen molar-refractivity contribution in [2.75, 3.05) is 0 Å². The topological polar surface area (TPSA) is 58.2 Å². The molecule has 2 N–H and O–H groups in total. The average molecular weight is 408 g/mol. The molecule has 3 aromatic rings.